The van der Waals surface area contributed by atoms with Crippen LogP contribution in [-0.2, 0) is 4.79 Å². The fraction of sp³-hybridized carbons (Fsp3) is 0.818. The third-order valence-electron chi connectivity index (χ3n) is 3.61. The summed E-state index contributed by atoms with van der Waals surface area (Å²) in [6.45, 7) is 2.14. The molecule has 1 spiro atoms. The minimum Gasteiger partial charge on any atom is -0.341 e. The number of hydrogen-bond acceptors (Lipinski definition) is 3. The molecular weight excluding hydrogens is 222 g/mol. The number of amides is 1. The summed E-state index contributed by atoms with van der Waals surface area (Å²) in [4.78, 5) is 16.6. The summed E-state index contributed by atoms with van der Waals surface area (Å²) in [6.07, 6.45) is 4.36. The molecule has 1 saturated carbocycles. The van der Waals surface area contributed by atoms with E-state index in [1.165, 1.54) is 12.8 Å². The first kappa shape index (κ1) is 10.4. The van der Waals surface area contributed by atoms with Crippen molar-refractivity contribution >= 4 is 23.6 Å². The topological polar surface area (TPSA) is 53.5 Å². The summed E-state index contributed by atoms with van der Waals surface area (Å²) in [7, 11) is 0. The lowest BCUT2D eigenvalue weighted by atomic mass is 9.90. The molecule has 5 heteroatoms. The molecule has 88 valence electrons. The van der Waals surface area contributed by atoms with Gasteiger partial charge in [0.2, 0.25) is 0 Å². The SMILES string of the molecule is CC1SCCCC12NC(=NC1CC1)NC2=O. The Labute approximate surface area is 99.7 Å². The van der Waals surface area contributed by atoms with Crippen LogP contribution < -0.4 is 10.6 Å². The smallest absolute Gasteiger partial charge is 0.253 e. The highest BCUT2D eigenvalue weighted by Crippen LogP contribution is 2.36. The fourth-order valence-electron chi connectivity index (χ4n) is 2.39. The van der Waals surface area contributed by atoms with Crippen molar-refractivity contribution in [2.75, 3.05) is 5.75 Å². The van der Waals surface area contributed by atoms with Gasteiger partial charge in [0, 0.05) is 5.25 Å². The van der Waals surface area contributed by atoms with Crippen molar-refractivity contribution in [2.24, 2.45) is 4.99 Å². The van der Waals surface area contributed by atoms with Crippen molar-refractivity contribution < 1.29 is 4.79 Å². The van der Waals surface area contributed by atoms with E-state index in [1.807, 2.05) is 11.8 Å². The van der Waals surface area contributed by atoms with Crippen LogP contribution in [0.25, 0.3) is 0 Å². The Balaban J connectivity index is 1.82. The van der Waals surface area contributed by atoms with Crippen molar-refractivity contribution in [3.63, 3.8) is 0 Å². The Hall–Kier alpha value is -0.710. The maximum absolute atomic E-state index is 12.1. The van der Waals surface area contributed by atoms with Crippen LogP contribution in [0.5, 0.6) is 0 Å². The Bertz CT molecular complexity index is 353. The highest BCUT2D eigenvalue weighted by atomic mass is 32.2. The molecule has 2 N–H and O–H groups in total. The van der Waals surface area contributed by atoms with Crippen molar-refractivity contribution in [2.45, 2.75) is 49.4 Å². The zero-order chi connectivity index (χ0) is 11.2. The van der Waals surface area contributed by atoms with Crippen LogP contribution in [0.3, 0.4) is 0 Å². The van der Waals surface area contributed by atoms with Gasteiger partial charge in [-0.3, -0.25) is 10.1 Å². The van der Waals surface area contributed by atoms with Crippen LogP contribution in [0.2, 0.25) is 0 Å². The number of nitrogens with one attached hydrogen (secondary N) is 2. The van der Waals surface area contributed by atoms with E-state index >= 15 is 0 Å². The molecule has 3 aliphatic rings. The van der Waals surface area contributed by atoms with Crippen LogP contribution in [-0.4, -0.2) is 34.5 Å². The maximum Gasteiger partial charge on any atom is 0.253 e. The Morgan fingerprint density at radius 3 is 3.00 bits per heavy atom. The monoisotopic (exact) mass is 239 g/mol. The Kier molecular flexibility index (Phi) is 2.38. The number of rotatable bonds is 1. The zero-order valence-electron chi connectivity index (χ0n) is 9.45. The molecule has 1 amide bonds. The second-order valence-electron chi connectivity index (χ2n) is 4.88. The Morgan fingerprint density at radius 1 is 1.50 bits per heavy atom. The molecule has 0 radical (unpaired) electrons. The van der Waals surface area contributed by atoms with Gasteiger partial charge in [-0.25, -0.2) is 4.99 Å². The first-order chi connectivity index (χ1) is 7.71. The van der Waals surface area contributed by atoms with Gasteiger partial charge in [0.1, 0.15) is 5.54 Å². The summed E-state index contributed by atoms with van der Waals surface area (Å²) in [5.41, 5.74) is -0.392. The molecule has 2 heterocycles. The molecular formula is C11H17N3OS. The van der Waals surface area contributed by atoms with Crippen LogP contribution in [0.1, 0.15) is 32.6 Å². The van der Waals surface area contributed by atoms with Crippen molar-refractivity contribution in [1.29, 1.82) is 0 Å². The molecule has 16 heavy (non-hydrogen) atoms. The van der Waals surface area contributed by atoms with E-state index < -0.39 is 5.54 Å². The van der Waals surface area contributed by atoms with Crippen LogP contribution in [0.15, 0.2) is 4.99 Å². The van der Waals surface area contributed by atoms with Crippen LogP contribution >= 0.6 is 11.8 Å². The first-order valence-corrected chi connectivity index (χ1v) is 7.05. The van der Waals surface area contributed by atoms with E-state index in [9.17, 15) is 4.79 Å². The van der Waals surface area contributed by atoms with Crippen LogP contribution in [0.4, 0.5) is 0 Å². The second-order valence-corrected chi connectivity index (χ2v) is 6.32. The molecule has 2 saturated heterocycles. The fourth-order valence-corrected chi connectivity index (χ4v) is 3.62. The highest BCUT2D eigenvalue weighted by molar-refractivity contribution is 8.00. The summed E-state index contributed by atoms with van der Waals surface area (Å²) in [5.74, 6) is 1.99. The van der Waals surface area contributed by atoms with Crippen molar-refractivity contribution in [3.8, 4) is 0 Å². The molecule has 0 aromatic rings. The standard InChI is InChI=1S/C11H17N3OS/c1-7-11(5-2-6-16-7)9(15)13-10(14-11)12-8-3-4-8/h7-8H,2-6H2,1H3,(H2,12,13,14,15). The largest absolute Gasteiger partial charge is 0.341 e. The first-order valence-electron chi connectivity index (χ1n) is 6.00. The van der Waals surface area contributed by atoms with Crippen molar-refractivity contribution in [3.05, 3.63) is 0 Å². The number of nitrogens with zero attached hydrogens (tertiary/aromatic N) is 1. The number of carbonyl (C=O) groups excluding carboxylic acids is 1. The number of carbonyl (C=O) groups is 1. The molecule has 2 aliphatic heterocycles. The van der Waals surface area contributed by atoms with Crippen LogP contribution in [0, 0.1) is 0 Å². The number of hydrogen-bond donors (Lipinski definition) is 2. The highest BCUT2D eigenvalue weighted by Gasteiger charge is 2.50. The lowest BCUT2D eigenvalue weighted by molar-refractivity contribution is -0.124. The minimum atomic E-state index is -0.392. The van der Waals surface area contributed by atoms with Gasteiger partial charge in [0.25, 0.3) is 5.91 Å². The lowest BCUT2D eigenvalue weighted by Crippen LogP contribution is -2.55. The molecule has 0 aromatic carbocycles. The molecule has 1 aliphatic carbocycles. The number of thioether (sulfide) groups is 1. The second kappa shape index (κ2) is 3.65. The molecule has 2 atom stereocenters. The predicted octanol–water partition coefficient (Wildman–Crippen LogP) is 0.878. The molecule has 3 fully saturated rings. The van der Waals surface area contributed by atoms with Gasteiger partial charge in [-0.05, 0) is 31.4 Å². The minimum absolute atomic E-state index is 0.117. The molecule has 2 unspecified atom stereocenters. The third-order valence-corrected chi connectivity index (χ3v) is 5.04. The summed E-state index contributed by atoms with van der Waals surface area (Å²) in [6, 6.07) is 0.449. The van der Waals surface area contributed by atoms with E-state index in [0.717, 1.165) is 18.6 Å². The predicted molar refractivity (Wildman–Crippen MR) is 65.6 cm³/mol. The molecule has 4 nitrogen and oxygen atoms in total. The van der Waals surface area contributed by atoms with E-state index in [-0.39, 0.29) is 5.91 Å². The lowest BCUT2D eigenvalue weighted by Gasteiger charge is -2.36. The Morgan fingerprint density at radius 2 is 2.31 bits per heavy atom. The normalized spacial score (nSPS) is 41.2. The van der Waals surface area contributed by atoms with E-state index in [2.05, 4.69) is 22.5 Å². The van der Waals surface area contributed by atoms with Gasteiger partial charge in [-0.2, -0.15) is 11.8 Å². The van der Waals surface area contributed by atoms with Gasteiger partial charge in [0.15, 0.2) is 5.96 Å². The van der Waals surface area contributed by atoms with E-state index in [4.69, 9.17) is 0 Å². The average molecular weight is 239 g/mol. The molecule has 0 bridgehead atoms. The third kappa shape index (κ3) is 1.61. The zero-order valence-corrected chi connectivity index (χ0v) is 10.3. The van der Waals surface area contributed by atoms with E-state index in [0.29, 0.717) is 17.3 Å². The average Bonchev–Trinajstić information content (AvgIpc) is 2.99. The number of aliphatic imine (C=N–C) groups is 1. The molecule has 0 aromatic heterocycles. The number of guanidine groups is 1. The van der Waals surface area contributed by atoms with E-state index in [1.54, 1.807) is 0 Å². The van der Waals surface area contributed by atoms with Gasteiger partial charge >= 0.3 is 0 Å². The molecule has 3 rings (SSSR count). The quantitative estimate of drug-likeness (QED) is 0.714. The van der Waals surface area contributed by atoms with Gasteiger partial charge in [0.05, 0.1) is 6.04 Å². The van der Waals surface area contributed by atoms with Gasteiger partial charge < -0.3 is 5.32 Å². The summed E-state index contributed by atoms with van der Waals surface area (Å²) < 4.78 is 0. The maximum atomic E-state index is 12.1. The summed E-state index contributed by atoms with van der Waals surface area (Å²) in [5, 5.41) is 6.58. The van der Waals surface area contributed by atoms with Crippen molar-refractivity contribution in [1.82, 2.24) is 10.6 Å². The summed E-state index contributed by atoms with van der Waals surface area (Å²) >= 11 is 1.88. The van der Waals surface area contributed by atoms with Gasteiger partial charge in [-0.1, -0.05) is 6.92 Å². The van der Waals surface area contributed by atoms with Gasteiger partial charge in [-0.15, -0.1) is 0 Å².